The number of aliphatic hydroxyl groups excluding tert-OH is 3. The molecule has 2 unspecified atom stereocenters. The molecule has 10 heteroatoms. The normalized spacial score (nSPS) is 28.8. The van der Waals surface area contributed by atoms with Crippen LogP contribution in [0.1, 0.15) is 25.0 Å². The molecule has 1 aliphatic rings. The Labute approximate surface area is 157 Å². The Kier molecular flexibility index (Phi) is 8.82. The van der Waals surface area contributed by atoms with Crippen LogP contribution in [-0.4, -0.2) is 80.8 Å². The number of ether oxygens (including phenoxy) is 2. The third-order valence-corrected chi connectivity index (χ3v) is 4.52. The van der Waals surface area contributed by atoms with E-state index in [9.17, 15) is 20.1 Å². The maximum absolute atomic E-state index is 12.2. The lowest BCUT2D eigenvalue weighted by molar-refractivity contribution is -0.270. The van der Waals surface area contributed by atoms with Crippen LogP contribution in [0.2, 0.25) is 0 Å². The number of amides is 1. The average Bonchev–Trinajstić information content (AvgIpc) is 3.13. The Morgan fingerprint density at radius 3 is 2.81 bits per heavy atom. The van der Waals surface area contributed by atoms with Crippen molar-refractivity contribution in [3.8, 4) is 0 Å². The number of carbonyl (C=O) groups is 1. The van der Waals surface area contributed by atoms with Crippen molar-refractivity contribution in [3.05, 3.63) is 18.2 Å². The number of thiol groups is 1. The van der Waals surface area contributed by atoms with Gasteiger partial charge in [-0.15, -0.1) is 0 Å². The quantitative estimate of drug-likeness (QED) is 0.223. The van der Waals surface area contributed by atoms with Gasteiger partial charge in [-0.05, 0) is 18.6 Å². The van der Waals surface area contributed by atoms with Gasteiger partial charge in [0.05, 0.1) is 19.4 Å². The maximum atomic E-state index is 12.2. The molecule has 0 aromatic carbocycles. The second kappa shape index (κ2) is 10.9. The second-order valence-corrected chi connectivity index (χ2v) is 6.66. The molecule has 2 rings (SSSR count). The van der Waals surface area contributed by atoms with Gasteiger partial charge >= 0.3 is 0 Å². The molecule has 5 atom stereocenters. The van der Waals surface area contributed by atoms with Crippen LogP contribution in [0.25, 0.3) is 0 Å². The molecule has 1 aliphatic heterocycles. The maximum Gasteiger partial charge on any atom is 0.226 e. The predicted molar refractivity (Wildman–Crippen MR) is 95.6 cm³/mol. The van der Waals surface area contributed by atoms with E-state index in [0.717, 1.165) is 25.0 Å². The fourth-order valence-corrected chi connectivity index (χ4v) is 2.98. The van der Waals surface area contributed by atoms with E-state index < -0.39 is 37.3 Å². The van der Waals surface area contributed by atoms with Gasteiger partial charge in [0.15, 0.2) is 6.29 Å². The zero-order valence-electron chi connectivity index (χ0n) is 14.5. The van der Waals surface area contributed by atoms with Crippen molar-refractivity contribution in [1.82, 2.24) is 15.3 Å². The standard InChI is InChI=1S/C16H27N3O6S/c20-8-11-14(22)15(23)13(16(25-11)24-4-2-1-3-5-26)19-12(21)6-10-7-17-9-18-10/h7,9,11,13-16,20,22-23,26H,1-6,8H2,(H,17,18)(H,19,21)/t11?,13-,14?,15-,16+/m0/s1. The van der Waals surface area contributed by atoms with E-state index in [0.29, 0.717) is 12.3 Å². The number of aromatic amines is 1. The van der Waals surface area contributed by atoms with E-state index in [2.05, 4.69) is 27.9 Å². The molecular formula is C16H27N3O6S. The van der Waals surface area contributed by atoms with Crippen LogP contribution in [-0.2, 0) is 20.7 Å². The molecule has 9 nitrogen and oxygen atoms in total. The molecule has 1 saturated heterocycles. The zero-order chi connectivity index (χ0) is 18.9. The number of aliphatic hydroxyl groups is 3. The van der Waals surface area contributed by atoms with Gasteiger partial charge < -0.3 is 35.1 Å². The van der Waals surface area contributed by atoms with E-state index in [-0.39, 0.29) is 12.3 Å². The van der Waals surface area contributed by atoms with Gasteiger partial charge in [0.25, 0.3) is 0 Å². The Bertz CT molecular complexity index is 532. The number of H-pyrrole nitrogens is 1. The van der Waals surface area contributed by atoms with Crippen LogP contribution in [0.15, 0.2) is 12.5 Å². The van der Waals surface area contributed by atoms with E-state index in [1.807, 2.05) is 0 Å². The van der Waals surface area contributed by atoms with Crippen molar-refractivity contribution in [2.75, 3.05) is 19.0 Å². The molecule has 0 saturated carbocycles. The van der Waals surface area contributed by atoms with E-state index >= 15 is 0 Å². The van der Waals surface area contributed by atoms with Crippen molar-refractivity contribution < 1.29 is 29.6 Å². The molecule has 1 aromatic heterocycles. The molecule has 1 amide bonds. The smallest absolute Gasteiger partial charge is 0.226 e. The van der Waals surface area contributed by atoms with Crippen molar-refractivity contribution in [2.24, 2.45) is 0 Å². The Morgan fingerprint density at radius 2 is 2.15 bits per heavy atom. The second-order valence-electron chi connectivity index (χ2n) is 6.21. The molecule has 2 heterocycles. The number of aromatic nitrogens is 2. The fourth-order valence-electron chi connectivity index (χ4n) is 2.76. The number of rotatable bonds is 10. The number of hydrogen-bond acceptors (Lipinski definition) is 8. The molecule has 148 valence electrons. The molecule has 0 aliphatic carbocycles. The monoisotopic (exact) mass is 389 g/mol. The summed E-state index contributed by atoms with van der Waals surface area (Å²) in [6, 6.07) is -0.951. The molecule has 1 aromatic rings. The minimum atomic E-state index is -1.33. The van der Waals surface area contributed by atoms with E-state index in [1.54, 1.807) is 0 Å². The lowest BCUT2D eigenvalue weighted by Crippen LogP contribution is -2.64. The number of carbonyl (C=O) groups excluding carboxylic acids is 1. The van der Waals surface area contributed by atoms with E-state index in [4.69, 9.17) is 9.47 Å². The van der Waals surface area contributed by atoms with Gasteiger partial charge in [-0.3, -0.25) is 4.79 Å². The summed E-state index contributed by atoms with van der Waals surface area (Å²) < 4.78 is 11.2. The fraction of sp³-hybridized carbons (Fsp3) is 0.750. The summed E-state index contributed by atoms with van der Waals surface area (Å²) in [4.78, 5) is 18.9. The minimum absolute atomic E-state index is 0.0391. The molecule has 1 fully saturated rings. The first-order valence-electron chi connectivity index (χ1n) is 8.68. The van der Waals surface area contributed by atoms with Gasteiger partial charge in [-0.1, -0.05) is 6.42 Å². The minimum Gasteiger partial charge on any atom is -0.394 e. The van der Waals surface area contributed by atoms with Crippen molar-refractivity contribution in [2.45, 2.75) is 56.3 Å². The molecular weight excluding hydrogens is 362 g/mol. The van der Waals surface area contributed by atoms with Gasteiger partial charge in [-0.25, -0.2) is 4.98 Å². The lowest BCUT2D eigenvalue weighted by Gasteiger charge is -2.42. The van der Waals surface area contributed by atoms with Gasteiger partial charge in [0.2, 0.25) is 5.91 Å². The summed E-state index contributed by atoms with van der Waals surface area (Å²) >= 11 is 4.15. The number of nitrogens with zero attached hydrogens (tertiary/aromatic N) is 1. The highest BCUT2D eigenvalue weighted by molar-refractivity contribution is 7.80. The number of imidazole rings is 1. The predicted octanol–water partition coefficient (Wildman–Crippen LogP) is -1.01. The average molecular weight is 389 g/mol. The van der Waals surface area contributed by atoms with Crippen LogP contribution in [0.5, 0.6) is 0 Å². The third-order valence-electron chi connectivity index (χ3n) is 4.20. The Balaban J connectivity index is 1.95. The Hall–Kier alpha value is -1.17. The van der Waals surface area contributed by atoms with Crippen LogP contribution in [0, 0.1) is 0 Å². The first-order chi connectivity index (χ1) is 12.6. The number of hydrogen-bond donors (Lipinski definition) is 6. The highest BCUT2D eigenvalue weighted by Gasteiger charge is 2.45. The molecule has 0 radical (unpaired) electrons. The largest absolute Gasteiger partial charge is 0.394 e. The van der Waals surface area contributed by atoms with Crippen LogP contribution < -0.4 is 5.32 Å². The highest BCUT2D eigenvalue weighted by atomic mass is 32.1. The van der Waals surface area contributed by atoms with Crippen LogP contribution in [0.4, 0.5) is 0 Å². The van der Waals surface area contributed by atoms with Gasteiger partial charge in [0, 0.05) is 18.5 Å². The topological polar surface area (TPSA) is 137 Å². The summed E-state index contributed by atoms with van der Waals surface area (Å²) in [5, 5.41) is 32.4. The van der Waals surface area contributed by atoms with Crippen LogP contribution in [0.3, 0.4) is 0 Å². The third kappa shape index (κ3) is 5.93. The SMILES string of the molecule is O=C(Cc1cnc[nH]1)N[C@@H]1[C@H](OCCCCCS)OC(CO)C(O)[C@H]1O. The molecule has 0 spiro atoms. The van der Waals surface area contributed by atoms with Gasteiger partial charge in [-0.2, -0.15) is 12.6 Å². The van der Waals surface area contributed by atoms with Crippen molar-refractivity contribution in [3.63, 3.8) is 0 Å². The van der Waals surface area contributed by atoms with E-state index in [1.165, 1.54) is 12.5 Å². The van der Waals surface area contributed by atoms with Gasteiger partial charge in [0.1, 0.15) is 24.4 Å². The Morgan fingerprint density at radius 1 is 1.35 bits per heavy atom. The summed E-state index contributed by atoms with van der Waals surface area (Å²) in [7, 11) is 0. The number of unbranched alkanes of at least 4 members (excludes halogenated alkanes) is 2. The molecule has 5 N–H and O–H groups in total. The molecule has 26 heavy (non-hydrogen) atoms. The van der Waals surface area contributed by atoms with Crippen LogP contribution >= 0.6 is 12.6 Å². The lowest BCUT2D eigenvalue weighted by atomic mass is 9.96. The summed E-state index contributed by atoms with van der Waals surface area (Å²) in [6.07, 6.45) is 1.10. The molecule has 0 bridgehead atoms. The highest BCUT2D eigenvalue weighted by Crippen LogP contribution is 2.22. The summed E-state index contributed by atoms with van der Waals surface area (Å²) in [6.45, 7) is -0.0983. The van der Waals surface area contributed by atoms with Crippen molar-refractivity contribution >= 4 is 18.5 Å². The van der Waals surface area contributed by atoms with Crippen molar-refractivity contribution in [1.29, 1.82) is 0 Å². The zero-order valence-corrected chi connectivity index (χ0v) is 15.3. The summed E-state index contributed by atoms with van der Waals surface area (Å²) in [5.74, 6) is 0.421. The first kappa shape index (κ1) is 21.1. The summed E-state index contributed by atoms with van der Waals surface area (Å²) in [5.41, 5.74) is 0.617. The number of nitrogens with one attached hydrogen (secondary N) is 2. The first-order valence-corrected chi connectivity index (χ1v) is 9.31.